The molecule has 0 amide bonds. The molecule has 0 aromatic carbocycles. The van der Waals surface area contributed by atoms with Crippen LogP contribution in [-0.4, -0.2) is 12.8 Å². The normalized spacial score (nSPS) is 32.2. The first-order valence-corrected chi connectivity index (χ1v) is 3.83. The second-order valence-corrected chi connectivity index (χ2v) is 3.02. The minimum Gasteiger partial charge on any atom is -0.328 e. The van der Waals surface area contributed by atoms with Gasteiger partial charge in [-0.05, 0) is 31.6 Å². The Morgan fingerprint density at radius 3 is 1.90 bits per heavy atom. The highest BCUT2D eigenvalue weighted by Gasteiger charge is 2.13. The molecule has 0 aromatic heterocycles. The summed E-state index contributed by atoms with van der Waals surface area (Å²) in [7, 11) is 0. The average Bonchev–Trinajstić information content (AvgIpc) is 2.00. The summed E-state index contributed by atoms with van der Waals surface area (Å²) in [5.74, 6) is 0.940. The van der Waals surface area contributed by atoms with Gasteiger partial charge < -0.3 is 10.5 Å². The lowest BCUT2D eigenvalue weighted by molar-refractivity contribution is -0.0979. The molecular weight excluding hydrogens is 126 g/mol. The van der Waals surface area contributed by atoms with Crippen molar-refractivity contribution in [2.45, 2.75) is 38.6 Å². The van der Waals surface area contributed by atoms with E-state index in [2.05, 4.69) is 6.92 Å². The van der Waals surface area contributed by atoms with Crippen LogP contribution < -0.4 is 5.73 Å². The number of hydrogen-bond donors (Lipinski definition) is 1. The van der Waals surface area contributed by atoms with E-state index >= 15 is 0 Å². The standard InChI is InChI=1S/C7H15N.CH2O/c1-6-2-4-7(8)5-3-6;1-2/h6-7H,2-5,8H2,1H3;1H2. The number of hydrogen-bond acceptors (Lipinski definition) is 2. The third kappa shape index (κ3) is 3.62. The zero-order chi connectivity index (χ0) is 7.98. The summed E-state index contributed by atoms with van der Waals surface area (Å²) in [6.45, 7) is 4.31. The van der Waals surface area contributed by atoms with Gasteiger partial charge in [-0.25, -0.2) is 0 Å². The fraction of sp³-hybridized carbons (Fsp3) is 0.875. The Morgan fingerprint density at radius 2 is 1.60 bits per heavy atom. The average molecular weight is 143 g/mol. The van der Waals surface area contributed by atoms with Gasteiger partial charge in [0.2, 0.25) is 0 Å². The van der Waals surface area contributed by atoms with Crippen LogP contribution in [0.25, 0.3) is 0 Å². The Hall–Kier alpha value is -0.370. The van der Waals surface area contributed by atoms with E-state index in [4.69, 9.17) is 10.5 Å². The predicted molar refractivity (Wildman–Crippen MR) is 42.7 cm³/mol. The molecule has 0 heterocycles. The second-order valence-electron chi connectivity index (χ2n) is 3.02. The zero-order valence-electron chi connectivity index (χ0n) is 6.68. The molecule has 0 radical (unpaired) electrons. The maximum Gasteiger partial charge on any atom is 0.106 e. The minimum atomic E-state index is 0.520. The highest BCUT2D eigenvalue weighted by molar-refractivity contribution is 5.10. The van der Waals surface area contributed by atoms with E-state index in [9.17, 15) is 0 Å². The molecule has 0 spiro atoms. The summed E-state index contributed by atoms with van der Waals surface area (Å²) >= 11 is 0. The Bertz CT molecular complexity index is 67.3. The lowest BCUT2D eigenvalue weighted by Crippen LogP contribution is -2.25. The fourth-order valence-corrected chi connectivity index (χ4v) is 1.29. The van der Waals surface area contributed by atoms with Gasteiger partial charge in [0.25, 0.3) is 0 Å². The Balaban J connectivity index is 0.000000371. The van der Waals surface area contributed by atoms with Crippen molar-refractivity contribution in [2.24, 2.45) is 11.7 Å². The van der Waals surface area contributed by atoms with Gasteiger partial charge >= 0.3 is 0 Å². The van der Waals surface area contributed by atoms with Crippen molar-refractivity contribution in [1.82, 2.24) is 0 Å². The molecule has 2 nitrogen and oxygen atoms in total. The van der Waals surface area contributed by atoms with Gasteiger partial charge in [-0.2, -0.15) is 0 Å². The van der Waals surface area contributed by atoms with E-state index in [1.54, 1.807) is 0 Å². The molecule has 0 aromatic rings. The highest BCUT2D eigenvalue weighted by Crippen LogP contribution is 2.21. The second kappa shape index (κ2) is 5.42. The molecule has 0 bridgehead atoms. The molecule has 0 unspecified atom stereocenters. The van der Waals surface area contributed by atoms with Gasteiger partial charge in [-0.3, -0.25) is 0 Å². The largest absolute Gasteiger partial charge is 0.328 e. The van der Waals surface area contributed by atoms with Gasteiger partial charge in [-0.15, -0.1) is 0 Å². The van der Waals surface area contributed by atoms with E-state index < -0.39 is 0 Å². The Labute approximate surface area is 62.8 Å². The smallest absolute Gasteiger partial charge is 0.106 e. The van der Waals surface area contributed by atoms with E-state index in [-0.39, 0.29) is 0 Å². The van der Waals surface area contributed by atoms with Crippen molar-refractivity contribution in [1.29, 1.82) is 0 Å². The molecule has 2 heteroatoms. The van der Waals surface area contributed by atoms with E-state index in [0.29, 0.717) is 6.04 Å². The van der Waals surface area contributed by atoms with E-state index in [0.717, 1.165) is 5.92 Å². The van der Waals surface area contributed by atoms with Crippen molar-refractivity contribution < 1.29 is 4.79 Å². The first kappa shape index (κ1) is 9.63. The molecule has 1 saturated carbocycles. The van der Waals surface area contributed by atoms with Crippen LogP contribution >= 0.6 is 0 Å². The van der Waals surface area contributed by atoms with Gasteiger partial charge in [0.1, 0.15) is 6.79 Å². The summed E-state index contributed by atoms with van der Waals surface area (Å²) in [4.78, 5) is 8.00. The van der Waals surface area contributed by atoms with Crippen LogP contribution in [0, 0.1) is 5.92 Å². The zero-order valence-corrected chi connectivity index (χ0v) is 6.68. The van der Waals surface area contributed by atoms with Crippen molar-refractivity contribution >= 4 is 6.79 Å². The number of nitrogens with two attached hydrogens (primary N) is 1. The third-order valence-electron chi connectivity index (χ3n) is 2.06. The van der Waals surface area contributed by atoms with Crippen LogP contribution in [0.15, 0.2) is 0 Å². The SMILES string of the molecule is C=O.CC1CCC(N)CC1. The molecule has 1 aliphatic carbocycles. The molecule has 1 rings (SSSR count). The lowest BCUT2D eigenvalue weighted by atomic mass is 9.88. The summed E-state index contributed by atoms with van der Waals surface area (Å²) < 4.78 is 0. The highest BCUT2D eigenvalue weighted by atomic mass is 16.1. The van der Waals surface area contributed by atoms with Crippen LogP contribution in [0.2, 0.25) is 0 Å². The van der Waals surface area contributed by atoms with Crippen molar-refractivity contribution in [3.05, 3.63) is 0 Å². The monoisotopic (exact) mass is 143 g/mol. The topological polar surface area (TPSA) is 43.1 Å². The molecule has 2 N–H and O–H groups in total. The molecule has 1 aliphatic rings. The quantitative estimate of drug-likeness (QED) is 0.556. The van der Waals surface area contributed by atoms with Gasteiger partial charge in [0.15, 0.2) is 0 Å². The Morgan fingerprint density at radius 1 is 1.20 bits per heavy atom. The van der Waals surface area contributed by atoms with Crippen LogP contribution in [0.3, 0.4) is 0 Å². The third-order valence-corrected chi connectivity index (χ3v) is 2.06. The van der Waals surface area contributed by atoms with Gasteiger partial charge in [0.05, 0.1) is 0 Å². The number of carbonyl (C=O) groups is 1. The fourth-order valence-electron chi connectivity index (χ4n) is 1.29. The molecule has 0 atom stereocenters. The summed E-state index contributed by atoms with van der Waals surface area (Å²) in [5, 5.41) is 0. The van der Waals surface area contributed by atoms with Gasteiger partial charge in [-0.1, -0.05) is 6.92 Å². The van der Waals surface area contributed by atoms with E-state index in [1.165, 1.54) is 25.7 Å². The van der Waals surface area contributed by atoms with Gasteiger partial charge in [0, 0.05) is 6.04 Å². The molecule has 0 aliphatic heterocycles. The maximum atomic E-state index is 8.00. The molecule has 60 valence electrons. The van der Waals surface area contributed by atoms with Crippen LogP contribution in [0.5, 0.6) is 0 Å². The molecule has 10 heavy (non-hydrogen) atoms. The minimum absolute atomic E-state index is 0.520. The van der Waals surface area contributed by atoms with Crippen LogP contribution in [0.4, 0.5) is 0 Å². The predicted octanol–water partition coefficient (Wildman–Crippen LogP) is 1.34. The van der Waals surface area contributed by atoms with Crippen molar-refractivity contribution in [3.63, 3.8) is 0 Å². The first-order chi connectivity index (χ1) is 4.79. The first-order valence-electron chi connectivity index (χ1n) is 3.83. The molecule has 0 saturated heterocycles. The number of carbonyl (C=O) groups excluding carboxylic acids is 1. The maximum absolute atomic E-state index is 8.00. The Kier molecular flexibility index (Phi) is 5.22. The molecular formula is C8H17NO. The van der Waals surface area contributed by atoms with Crippen molar-refractivity contribution in [3.8, 4) is 0 Å². The molecule has 1 fully saturated rings. The van der Waals surface area contributed by atoms with Crippen LogP contribution in [0.1, 0.15) is 32.6 Å². The summed E-state index contributed by atoms with van der Waals surface area (Å²) in [6, 6.07) is 0.520. The lowest BCUT2D eigenvalue weighted by Gasteiger charge is -2.22. The summed E-state index contributed by atoms with van der Waals surface area (Å²) in [5.41, 5.74) is 5.70. The number of rotatable bonds is 0. The van der Waals surface area contributed by atoms with Crippen molar-refractivity contribution in [2.75, 3.05) is 0 Å². The van der Waals surface area contributed by atoms with E-state index in [1.807, 2.05) is 6.79 Å². The van der Waals surface area contributed by atoms with Crippen LogP contribution in [-0.2, 0) is 4.79 Å². The summed E-state index contributed by atoms with van der Waals surface area (Å²) in [6.07, 6.45) is 5.20.